The molecule has 0 aromatic rings. The highest BCUT2D eigenvalue weighted by atomic mass is 28.4. The third-order valence-corrected chi connectivity index (χ3v) is 26.8. The van der Waals surface area contributed by atoms with Gasteiger partial charge in [-0.3, -0.25) is 14.4 Å². The summed E-state index contributed by atoms with van der Waals surface area (Å²) < 4.78 is 70.6. The average Bonchev–Trinajstić information content (AvgIpc) is 3.47. The van der Waals surface area contributed by atoms with Gasteiger partial charge in [0.25, 0.3) is 0 Å². The van der Waals surface area contributed by atoms with Crippen LogP contribution in [-0.4, -0.2) is 139 Å². The summed E-state index contributed by atoms with van der Waals surface area (Å²) in [6.45, 7) is 24.8. The predicted octanol–water partition coefficient (Wildman–Crippen LogP) is 10.8. The molecule has 11 atom stereocenters. The van der Waals surface area contributed by atoms with Crippen LogP contribution in [0.25, 0.3) is 0 Å². The quantitative estimate of drug-likeness (QED) is 0.0501. The topological polar surface area (TPSA) is 207 Å². The molecule has 0 radical (unpaired) electrons. The lowest BCUT2D eigenvalue weighted by Gasteiger charge is -2.55. The number of ether oxygens (including phenoxy) is 9. The zero-order valence-corrected chi connectivity index (χ0v) is 52.2. The molecule has 3 saturated heterocycles. The molecule has 0 aliphatic carbocycles. The van der Waals surface area contributed by atoms with Crippen LogP contribution in [0.4, 0.5) is 0 Å². The van der Waals surface area contributed by atoms with E-state index >= 15 is 4.79 Å². The third kappa shape index (κ3) is 17.0. The van der Waals surface area contributed by atoms with E-state index in [1.807, 2.05) is 39.0 Å². The van der Waals surface area contributed by atoms with Crippen LogP contribution in [0, 0.1) is 10.8 Å². The molecule has 19 heteroatoms. The Hall–Kier alpha value is -3.54. The molecule has 0 amide bonds. The summed E-state index contributed by atoms with van der Waals surface area (Å²) in [6, 6.07) is 4.89. The Kier molecular flexibility index (Phi) is 25.3. The number of rotatable bonds is 16. The van der Waals surface area contributed by atoms with Crippen molar-refractivity contribution in [3.63, 3.8) is 0 Å². The highest BCUT2D eigenvalue weighted by Gasteiger charge is 2.60. The van der Waals surface area contributed by atoms with Gasteiger partial charge in [0.15, 0.2) is 28.5 Å². The van der Waals surface area contributed by atoms with Gasteiger partial charge in [-0.25, -0.2) is 9.59 Å². The first-order valence-electron chi connectivity index (χ1n) is 28.8. The van der Waals surface area contributed by atoms with Crippen LogP contribution in [0.15, 0.2) is 47.6 Å². The minimum atomic E-state index is -2.45. The second-order valence-corrected chi connectivity index (χ2v) is 32.5. The van der Waals surface area contributed by atoms with E-state index in [2.05, 4.69) is 47.6 Å². The van der Waals surface area contributed by atoms with Gasteiger partial charge in [-0.1, -0.05) is 99.1 Å². The molecule has 0 saturated carbocycles. The highest BCUT2D eigenvalue weighted by Crippen LogP contribution is 2.52. The van der Waals surface area contributed by atoms with Gasteiger partial charge in [-0.15, -0.1) is 0 Å². The molecule has 0 aromatic carbocycles. The normalized spacial score (nSPS) is 32.8. The molecule has 17 nitrogen and oxygen atoms in total. The fourth-order valence-corrected chi connectivity index (χ4v) is 17.8. The molecular formula is C59H98O17Si2. The maximum atomic E-state index is 15.0. The largest absolute Gasteiger partial charge is 0.466 e. The van der Waals surface area contributed by atoms with Crippen LogP contribution in [-0.2, 0) is 75.5 Å². The third-order valence-electron chi connectivity index (χ3n) is 17.4. The van der Waals surface area contributed by atoms with E-state index in [1.165, 1.54) is 40.2 Å². The van der Waals surface area contributed by atoms with Crippen molar-refractivity contribution in [3.8, 4) is 0 Å². The molecule has 0 aromatic heterocycles. The van der Waals surface area contributed by atoms with Crippen LogP contribution < -0.4 is 0 Å². The summed E-state index contributed by atoms with van der Waals surface area (Å²) in [5, 5.41) is 13.1. The van der Waals surface area contributed by atoms with Gasteiger partial charge < -0.3 is 56.6 Å². The molecule has 444 valence electrons. The summed E-state index contributed by atoms with van der Waals surface area (Å²) in [6.07, 6.45) is 7.22. The zero-order chi connectivity index (χ0) is 58.3. The van der Waals surface area contributed by atoms with Crippen LogP contribution in [0.2, 0.25) is 36.3 Å². The summed E-state index contributed by atoms with van der Waals surface area (Å²) in [5.41, 5.74) is -1.05. The van der Waals surface area contributed by atoms with Gasteiger partial charge in [-0.05, 0) is 93.7 Å². The molecule has 4 heterocycles. The molecule has 6 bridgehead atoms. The van der Waals surface area contributed by atoms with E-state index in [-0.39, 0.29) is 44.1 Å². The lowest BCUT2D eigenvalue weighted by atomic mass is 9.70. The van der Waals surface area contributed by atoms with Crippen molar-refractivity contribution in [2.45, 2.75) is 263 Å². The summed E-state index contributed by atoms with van der Waals surface area (Å²) in [5.74, 6) is -6.50. The van der Waals surface area contributed by atoms with Crippen molar-refractivity contribution >= 4 is 46.5 Å². The molecule has 1 unspecified atom stereocenters. The first kappa shape index (κ1) is 67.0. The Bertz CT molecular complexity index is 2110. The maximum absolute atomic E-state index is 15.0. The van der Waals surface area contributed by atoms with Crippen LogP contribution >= 0.6 is 0 Å². The summed E-state index contributed by atoms with van der Waals surface area (Å²) in [7, 11) is -0.615. The van der Waals surface area contributed by atoms with E-state index in [9.17, 15) is 24.3 Å². The van der Waals surface area contributed by atoms with Crippen molar-refractivity contribution in [1.29, 1.82) is 0 Å². The molecule has 1 N–H and O–H groups in total. The Labute approximate surface area is 468 Å². The van der Waals surface area contributed by atoms with Crippen LogP contribution in [0.1, 0.15) is 161 Å². The molecule has 3 fully saturated rings. The van der Waals surface area contributed by atoms with Crippen molar-refractivity contribution in [2.75, 3.05) is 21.3 Å². The minimum absolute atomic E-state index is 0.0230. The molecule has 4 aliphatic heterocycles. The Morgan fingerprint density at radius 1 is 0.744 bits per heavy atom. The first-order chi connectivity index (χ1) is 36.7. The second kappa shape index (κ2) is 29.4. The van der Waals surface area contributed by atoms with E-state index in [0.29, 0.717) is 32.1 Å². The first-order valence-corrected chi connectivity index (χ1v) is 33.8. The fourth-order valence-electron chi connectivity index (χ4n) is 12.0. The Balaban J connectivity index is 1.96. The number of allylic oxidation sites excluding steroid dienone is 2. The number of hydrogen-bond donors (Lipinski definition) is 1. The average molecular weight is 1140 g/mol. The molecule has 0 spiro atoms. The molecular weight excluding hydrogens is 1040 g/mol. The van der Waals surface area contributed by atoms with Crippen molar-refractivity contribution in [3.05, 3.63) is 47.6 Å². The number of carbonyl (C=O) groups excluding carboxylic acids is 5. The number of carbonyl (C=O) groups is 5. The van der Waals surface area contributed by atoms with Crippen LogP contribution in [0.5, 0.6) is 0 Å². The van der Waals surface area contributed by atoms with Gasteiger partial charge >= 0.3 is 29.8 Å². The lowest BCUT2D eigenvalue weighted by Crippen LogP contribution is -2.63. The monoisotopic (exact) mass is 1130 g/mol. The number of hydrogen-bond acceptors (Lipinski definition) is 17. The van der Waals surface area contributed by atoms with Gasteiger partial charge in [0, 0.05) is 57.8 Å². The predicted molar refractivity (Wildman–Crippen MR) is 301 cm³/mol. The second-order valence-electron chi connectivity index (χ2n) is 23.1. The lowest BCUT2D eigenvalue weighted by molar-refractivity contribution is -0.358. The SMILES string of the molecule is CC[Si](CC)(CC)OC1CC(=O)O[C@@H]([C@@H](C)O[Si](CC)(CC)CC)C[C@@H]2C/C(=C\C(=O)OC)[C@H](OC(C)=O)[C@@](O)(O2)C(C)(C)/C=C\CCC/C=C/[C@H]2C/C(=C\C(=O)OC)C[C@@H](C[C@]3(OC)O[C@H](C1)C[C@H](OC(C)=O)C3(C)C)O2. The number of esters is 5. The maximum Gasteiger partial charge on any atom is 0.330 e. The van der Waals surface area contributed by atoms with Crippen molar-refractivity contribution in [2.24, 2.45) is 10.8 Å². The molecule has 4 rings (SSSR count). The minimum Gasteiger partial charge on any atom is -0.466 e. The van der Waals surface area contributed by atoms with E-state index in [0.717, 1.165) is 41.8 Å². The van der Waals surface area contributed by atoms with Crippen molar-refractivity contribution in [1.82, 2.24) is 0 Å². The van der Waals surface area contributed by atoms with Gasteiger partial charge in [-0.2, -0.15) is 0 Å². The number of fused-ring (bicyclic) bond motifs is 6. The summed E-state index contributed by atoms with van der Waals surface area (Å²) >= 11 is 0. The van der Waals surface area contributed by atoms with Crippen molar-refractivity contribution < 1.29 is 80.6 Å². The van der Waals surface area contributed by atoms with Crippen LogP contribution in [0.3, 0.4) is 0 Å². The van der Waals surface area contributed by atoms with E-state index in [4.69, 9.17) is 51.5 Å². The summed E-state index contributed by atoms with van der Waals surface area (Å²) in [4.78, 5) is 66.7. The smallest absolute Gasteiger partial charge is 0.330 e. The zero-order valence-electron chi connectivity index (χ0n) is 50.2. The Morgan fingerprint density at radius 3 is 1.92 bits per heavy atom. The van der Waals surface area contributed by atoms with E-state index in [1.54, 1.807) is 21.0 Å². The van der Waals surface area contributed by atoms with Gasteiger partial charge in [0.1, 0.15) is 12.2 Å². The van der Waals surface area contributed by atoms with E-state index < -0.39 is 124 Å². The number of methoxy groups -OCH3 is 3. The molecule has 4 aliphatic rings. The van der Waals surface area contributed by atoms with Gasteiger partial charge in [0.05, 0.1) is 62.7 Å². The standard InChI is InChI=1S/C59H98O17Si2/c1-17-77(18-2,19-3)75-40(7)50-36-46-33-44(34-53(63)67-15)55(70-42(9)61)59(65,74-46)56(10,11)29-27-25-23-24-26-28-45-30-43(32-52(62)66-14)31-49(71-45)39-58(68-16)57(12,13)51(69-41(8)60)37-47(73-58)35-48(38-54(64)72-50)76-78(20-4,21-5)22-6/h26-29,32,34,40,45-51,55,65H,17-25,30-31,33,35-39H2,1-16H3/b28-26+,29-27-,43-32+,44-34+/t40-,45+,46+,47-,48?,49+,50-,51+,55+,58+,59-/m1/s1. The van der Waals surface area contributed by atoms with Gasteiger partial charge in [0.2, 0.25) is 5.79 Å². The fraction of sp³-hybridized carbons (Fsp3) is 0.780. The highest BCUT2D eigenvalue weighted by molar-refractivity contribution is 6.74. The Morgan fingerprint density at radius 2 is 1.35 bits per heavy atom. The molecule has 78 heavy (non-hydrogen) atoms. The number of aliphatic hydroxyl groups is 1. The number of cyclic esters (lactones) is 1.